The summed E-state index contributed by atoms with van der Waals surface area (Å²) in [6.45, 7) is 1.37. The van der Waals surface area contributed by atoms with Crippen molar-refractivity contribution in [2.24, 2.45) is 5.92 Å². The Balaban J connectivity index is 1.58. The van der Waals surface area contributed by atoms with E-state index < -0.39 is 0 Å². The van der Waals surface area contributed by atoms with Crippen molar-refractivity contribution in [1.82, 2.24) is 14.9 Å². The number of methoxy groups -OCH3 is 1. The van der Waals surface area contributed by atoms with Gasteiger partial charge in [0.05, 0.1) is 25.3 Å². The maximum absolute atomic E-state index is 12.6. The van der Waals surface area contributed by atoms with Crippen molar-refractivity contribution in [1.29, 1.82) is 0 Å². The minimum atomic E-state index is -0.172. The van der Waals surface area contributed by atoms with Gasteiger partial charge in [-0.3, -0.25) is 9.59 Å². The molecule has 6 heteroatoms. The van der Waals surface area contributed by atoms with E-state index >= 15 is 0 Å². The average molecular weight is 327 g/mol. The molecule has 2 aromatic rings. The second-order valence-corrected chi connectivity index (χ2v) is 6.06. The zero-order valence-corrected chi connectivity index (χ0v) is 13.7. The third-order valence-corrected chi connectivity index (χ3v) is 4.53. The molecule has 0 saturated carbocycles. The molecule has 6 nitrogen and oxygen atoms in total. The summed E-state index contributed by atoms with van der Waals surface area (Å²) < 4.78 is 4.71. The molecule has 2 heterocycles. The van der Waals surface area contributed by atoms with Crippen molar-refractivity contribution in [3.8, 4) is 11.3 Å². The number of benzene rings is 1. The molecular weight excluding hydrogens is 306 g/mol. The number of esters is 1. The Hall–Kier alpha value is -2.63. The highest BCUT2D eigenvalue weighted by molar-refractivity contribution is 5.94. The molecule has 1 N–H and O–H groups in total. The Morgan fingerprint density at radius 3 is 2.54 bits per heavy atom. The lowest BCUT2D eigenvalue weighted by Crippen LogP contribution is -2.38. The van der Waals surface area contributed by atoms with E-state index in [9.17, 15) is 9.59 Å². The van der Waals surface area contributed by atoms with E-state index in [1.807, 2.05) is 29.2 Å². The topological polar surface area (TPSA) is 75.3 Å². The van der Waals surface area contributed by atoms with Crippen LogP contribution < -0.4 is 0 Å². The first-order valence-corrected chi connectivity index (χ1v) is 8.12. The van der Waals surface area contributed by atoms with Crippen LogP contribution in [-0.2, 0) is 9.53 Å². The first-order chi connectivity index (χ1) is 11.7. The zero-order valence-electron chi connectivity index (χ0n) is 13.7. The zero-order chi connectivity index (χ0) is 16.9. The Bertz CT molecular complexity index is 687. The highest BCUT2D eigenvalue weighted by Gasteiger charge is 2.25. The van der Waals surface area contributed by atoms with Crippen molar-refractivity contribution in [2.45, 2.75) is 19.3 Å². The summed E-state index contributed by atoms with van der Waals surface area (Å²) in [5, 5.41) is 0. The van der Waals surface area contributed by atoms with Crippen molar-refractivity contribution < 1.29 is 14.3 Å². The van der Waals surface area contributed by atoms with E-state index in [4.69, 9.17) is 4.74 Å². The molecule has 0 atom stereocenters. The molecule has 1 aliphatic heterocycles. The van der Waals surface area contributed by atoms with Crippen LogP contribution in [0.25, 0.3) is 11.3 Å². The largest absolute Gasteiger partial charge is 0.469 e. The minimum absolute atomic E-state index is 0.0441. The van der Waals surface area contributed by atoms with Gasteiger partial charge < -0.3 is 14.6 Å². The molecule has 0 unspecified atom stereocenters. The van der Waals surface area contributed by atoms with Crippen molar-refractivity contribution in [2.75, 3.05) is 20.2 Å². The van der Waals surface area contributed by atoms with Gasteiger partial charge in [0.2, 0.25) is 0 Å². The van der Waals surface area contributed by atoms with E-state index in [1.165, 1.54) is 7.11 Å². The van der Waals surface area contributed by atoms with Crippen LogP contribution >= 0.6 is 0 Å². The van der Waals surface area contributed by atoms with Gasteiger partial charge >= 0.3 is 5.97 Å². The maximum atomic E-state index is 12.6. The molecule has 1 aromatic carbocycles. The average Bonchev–Trinajstić information content (AvgIpc) is 3.16. The molecule has 1 saturated heterocycles. The summed E-state index contributed by atoms with van der Waals surface area (Å²) in [6.07, 6.45) is 5.51. The number of hydrogen-bond acceptors (Lipinski definition) is 4. The highest BCUT2D eigenvalue weighted by atomic mass is 16.5. The second kappa shape index (κ2) is 7.29. The first-order valence-electron chi connectivity index (χ1n) is 8.12. The van der Waals surface area contributed by atoms with Gasteiger partial charge in [-0.25, -0.2) is 4.98 Å². The summed E-state index contributed by atoms with van der Waals surface area (Å²) in [6, 6.07) is 7.54. The summed E-state index contributed by atoms with van der Waals surface area (Å²) in [5.41, 5.74) is 2.61. The number of hydrogen-bond donors (Lipinski definition) is 1. The van der Waals surface area contributed by atoms with E-state index in [-0.39, 0.29) is 11.9 Å². The quantitative estimate of drug-likeness (QED) is 0.876. The van der Waals surface area contributed by atoms with Crippen molar-refractivity contribution in [3.63, 3.8) is 0 Å². The Morgan fingerprint density at radius 1 is 1.25 bits per heavy atom. The number of imidazole rings is 1. The number of nitrogens with one attached hydrogen (secondary N) is 1. The number of rotatable bonds is 4. The van der Waals surface area contributed by atoms with Gasteiger partial charge in [0.25, 0.3) is 5.91 Å². The number of piperidine rings is 1. The number of aromatic amines is 1. The second-order valence-electron chi connectivity index (χ2n) is 6.06. The number of H-pyrrole nitrogens is 1. The lowest BCUT2D eigenvalue weighted by Gasteiger charge is -2.31. The number of carbonyl (C=O) groups is 2. The minimum Gasteiger partial charge on any atom is -0.469 e. The molecule has 1 aromatic heterocycles. The number of amides is 1. The van der Waals surface area contributed by atoms with Crippen LogP contribution in [0, 0.1) is 5.92 Å². The van der Waals surface area contributed by atoms with E-state index in [2.05, 4.69) is 9.97 Å². The fourth-order valence-electron chi connectivity index (χ4n) is 3.05. The normalized spacial score (nSPS) is 15.3. The predicted molar refractivity (Wildman–Crippen MR) is 89.3 cm³/mol. The third-order valence-electron chi connectivity index (χ3n) is 4.53. The molecule has 0 aliphatic carbocycles. The van der Waals surface area contributed by atoms with Gasteiger partial charge in [-0.2, -0.15) is 0 Å². The number of aromatic nitrogens is 2. The molecule has 1 amide bonds. The summed E-state index contributed by atoms with van der Waals surface area (Å²) in [7, 11) is 1.41. The van der Waals surface area contributed by atoms with Gasteiger partial charge in [0, 0.05) is 25.1 Å². The summed E-state index contributed by atoms with van der Waals surface area (Å²) >= 11 is 0. The van der Waals surface area contributed by atoms with Crippen LogP contribution in [0.4, 0.5) is 0 Å². The van der Waals surface area contributed by atoms with E-state index in [1.54, 1.807) is 12.5 Å². The predicted octanol–water partition coefficient (Wildman–Crippen LogP) is 2.49. The lowest BCUT2D eigenvalue weighted by molar-refractivity contribution is -0.142. The molecule has 3 rings (SSSR count). The lowest BCUT2D eigenvalue weighted by atomic mass is 9.93. The Morgan fingerprint density at radius 2 is 1.96 bits per heavy atom. The third kappa shape index (κ3) is 3.64. The van der Waals surface area contributed by atoms with Crippen LogP contribution in [-0.4, -0.2) is 46.9 Å². The highest BCUT2D eigenvalue weighted by Crippen LogP contribution is 2.23. The standard InChI is InChI=1S/C18H21N3O3/c1-24-17(22)10-13-6-8-21(9-7-13)18(23)15-4-2-14(3-5-15)16-11-19-12-20-16/h2-5,11-13H,6-10H2,1H3,(H,19,20). The van der Waals surface area contributed by atoms with Gasteiger partial charge in [0.1, 0.15) is 0 Å². The molecule has 0 bridgehead atoms. The smallest absolute Gasteiger partial charge is 0.305 e. The van der Waals surface area contributed by atoms with Crippen LogP contribution in [0.5, 0.6) is 0 Å². The number of likely N-dealkylation sites (tertiary alicyclic amines) is 1. The Kier molecular flexibility index (Phi) is 4.93. The van der Waals surface area contributed by atoms with Crippen LogP contribution in [0.2, 0.25) is 0 Å². The van der Waals surface area contributed by atoms with Gasteiger partial charge in [0.15, 0.2) is 0 Å². The fraction of sp³-hybridized carbons (Fsp3) is 0.389. The van der Waals surface area contributed by atoms with Crippen LogP contribution in [0.15, 0.2) is 36.8 Å². The number of ether oxygens (including phenoxy) is 1. The summed E-state index contributed by atoms with van der Waals surface area (Å²) in [5.74, 6) is 0.182. The van der Waals surface area contributed by atoms with Crippen LogP contribution in [0.3, 0.4) is 0 Å². The number of carbonyl (C=O) groups excluding carboxylic acids is 2. The molecular formula is C18H21N3O3. The SMILES string of the molecule is COC(=O)CC1CCN(C(=O)c2ccc(-c3cnc[nH]3)cc2)CC1. The molecule has 126 valence electrons. The monoisotopic (exact) mass is 327 g/mol. The fourth-order valence-corrected chi connectivity index (χ4v) is 3.05. The molecule has 24 heavy (non-hydrogen) atoms. The van der Waals surface area contributed by atoms with E-state index in [0.29, 0.717) is 31.0 Å². The van der Waals surface area contributed by atoms with Gasteiger partial charge in [-0.15, -0.1) is 0 Å². The van der Waals surface area contributed by atoms with Gasteiger partial charge in [-0.05, 0) is 36.5 Å². The first kappa shape index (κ1) is 16.2. The molecule has 1 aliphatic rings. The van der Waals surface area contributed by atoms with Gasteiger partial charge in [-0.1, -0.05) is 12.1 Å². The Labute approximate surface area is 140 Å². The molecule has 0 radical (unpaired) electrons. The van der Waals surface area contributed by atoms with Crippen LogP contribution in [0.1, 0.15) is 29.6 Å². The van der Waals surface area contributed by atoms with Crippen molar-refractivity contribution >= 4 is 11.9 Å². The van der Waals surface area contributed by atoms with E-state index in [0.717, 1.165) is 24.1 Å². The number of nitrogens with zero attached hydrogens (tertiary/aromatic N) is 2. The molecule has 0 spiro atoms. The maximum Gasteiger partial charge on any atom is 0.305 e. The molecule has 1 fully saturated rings. The van der Waals surface area contributed by atoms with Crippen molar-refractivity contribution in [3.05, 3.63) is 42.4 Å². The summed E-state index contributed by atoms with van der Waals surface area (Å²) in [4.78, 5) is 32.8.